The molecule has 0 saturated carbocycles. The van der Waals surface area contributed by atoms with Crippen molar-refractivity contribution < 1.29 is 9.13 Å². The molecule has 0 spiro atoms. The summed E-state index contributed by atoms with van der Waals surface area (Å²) in [6.45, 7) is 4.82. The first-order chi connectivity index (χ1) is 10.2. The van der Waals surface area contributed by atoms with Crippen molar-refractivity contribution >= 4 is 21.9 Å². The fraction of sp³-hybridized carbons (Fsp3) is 0.533. The maximum atomic E-state index is 13.3. The molecule has 0 amide bonds. The maximum absolute atomic E-state index is 13.3. The van der Waals surface area contributed by atoms with Crippen molar-refractivity contribution in [3.63, 3.8) is 0 Å². The molecule has 1 aromatic rings. The van der Waals surface area contributed by atoms with Crippen LogP contribution in [0.2, 0.25) is 0 Å². The molecule has 1 saturated heterocycles. The van der Waals surface area contributed by atoms with E-state index in [1.807, 2.05) is 13.0 Å². The number of nitrogens with zero attached hydrogens (tertiary/aromatic N) is 1. The molecule has 1 aliphatic heterocycles. The number of rotatable bonds is 5. The molecule has 1 fully saturated rings. The second-order valence-corrected chi connectivity index (χ2v) is 5.90. The van der Waals surface area contributed by atoms with E-state index >= 15 is 0 Å². The lowest BCUT2D eigenvalue weighted by molar-refractivity contribution is 0.114. The van der Waals surface area contributed by atoms with E-state index in [1.54, 1.807) is 0 Å². The molecule has 1 aromatic carbocycles. The van der Waals surface area contributed by atoms with Crippen LogP contribution in [0.3, 0.4) is 0 Å². The van der Waals surface area contributed by atoms with Crippen LogP contribution in [0, 0.1) is 5.82 Å². The molecule has 1 atom stereocenters. The summed E-state index contributed by atoms with van der Waals surface area (Å²) < 4.78 is 19.6. The van der Waals surface area contributed by atoms with Gasteiger partial charge >= 0.3 is 0 Å². The van der Waals surface area contributed by atoms with Crippen LogP contribution in [0.15, 0.2) is 27.7 Å². The van der Waals surface area contributed by atoms with Crippen LogP contribution in [0.5, 0.6) is 0 Å². The minimum Gasteiger partial charge on any atom is -0.376 e. The molecule has 2 rings (SSSR count). The minimum absolute atomic E-state index is 0.258. The monoisotopic (exact) mass is 357 g/mol. The Balaban J connectivity index is 1.92. The largest absolute Gasteiger partial charge is 0.376 e. The molecule has 1 aliphatic rings. The molecule has 21 heavy (non-hydrogen) atoms. The van der Waals surface area contributed by atoms with E-state index in [9.17, 15) is 4.39 Å². The lowest BCUT2D eigenvalue weighted by atomic mass is 10.2. The zero-order chi connectivity index (χ0) is 15.1. The van der Waals surface area contributed by atoms with Crippen LogP contribution in [-0.2, 0) is 11.3 Å². The molecular weight excluding hydrogens is 337 g/mol. The third-order valence-corrected chi connectivity index (χ3v) is 3.67. The first-order valence-electron chi connectivity index (χ1n) is 7.26. The molecule has 116 valence electrons. The molecule has 4 nitrogen and oxygen atoms in total. The molecule has 1 heterocycles. The fourth-order valence-corrected chi connectivity index (χ4v) is 2.74. The Morgan fingerprint density at radius 3 is 2.95 bits per heavy atom. The van der Waals surface area contributed by atoms with E-state index in [4.69, 9.17) is 4.74 Å². The van der Waals surface area contributed by atoms with Crippen LogP contribution >= 0.6 is 15.9 Å². The van der Waals surface area contributed by atoms with Crippen LogP contribution in [0.1, 0.15) is 25.3 Å². The number of benzene rings is 1. The smallest absolute Gasteiger partial charge is 0.191 e. The fourth-order valence-electron chi connectivity index (χ4n) is 2.23. The summed E-state index contributed by atoms with van der Waals surface area (Å²) in [7, 11) is 0. The van der Waals surface area contributed by atoms with E-state index in [0.717, 1.165) is 48.5 Å². The predicted molar refractivity (Wildman–Crippen MR) is 85.9 cm³/mol. The summed E-state index contributed by atoms with van der Waals surface area (Å²) in [5, 5.41) is 6.45. The highest BCUT2D eigenvalue weighted by molar-refractivity contribution is 9.10. The van der Waals surface area contributed by atoms with Gasteiger partial charge in [0.1, 0.15) is 5.82 Å². The summed E-state index contributed by atoms with van der Waals surface area (Å²) in [4.78, 5) is 4.48. The van der Waals surface area contributed by atoms with Gasteiger partial charge in [-0.1, -0.05) is 15.9 Å². The van der Waals surface area contributed by atoms with Gasteiger partial charge < -0.3 is 15.4 Å². The van der Waals surface area contributed by atoms with Gasteiger partial charge in [0, 0.05) is 24.2 Å². The van der Waals surface area contributed by atoms with Gasteiger partial charge in [-0.2, -0.15) is 0 Å². The third kappa shape index (κ3) is 5.63. The molecule has 1 unspecified atom stereocenters. The number of ether oxygens (including phenoxy) is 1. The maximum Gasteiger partial charge on any atom is 0.191 e. The van der Waals surface area contributed by atoms with Crippen LogP contribution in [0.25, 0.3) is 0 Å². The van der Waals surface area contributed by atoms with E-state index in [2.05, 4.69) is 31.6 Å². The Morgan fingerprint density at radius 1 is 1.43 bits per heavy atom. The van der Waals surface area contributed by atoms with Gasteiger partial charge in [-0.25, -0.2) is 9.38 Å². The Kier molecular flexibility index (Phi) is 6.45. The lowest BCUT2D eigenvalue weighted by Gasteiger charge is -2.14. The summed E-state index contributed by atoms with van der Waals surface area (Å²) in [6, 6.07) is 4.81. The average Bonchev–Trinajstić information content (AvgIpc) is 2.94. The number of nitrogens with one attached hydrogen (secondary N) is 2. The van der Waals surface area contributed by atoms with Gasteiger partial charge in [0.25, 0.3) is 0 Å². The number of aliphatic imine (C=N–C) groups is 1. The molecule has 0 bridgehead atoms. The highest BCUT2D eigenvalue weighted by atomic mass is 79.9. The second-order valence-electron chi connectivity index (χ2n) is 4.99. The SMILES string of the molecule is CCNC(=NCc1cc(F)cc(Br)c1)NCC1CCCO1. The third-order valence-electron chi connectivity index (χ3n) is 3.21. The first kappa shape index (κ1) is 16.2. The Hall–Kier alpha value is -1.14. The highest BCUT2D eigenvalue weighted by Crippen LogP contribution is 2.15. The van der Waals surface area contributed by atoms with Gasteiger partial charge in [-0.3, -0.25) is 0 Å². The van der Waals surface area contributed by atoms with Crippen LogP contribution < -0.4 is 10.6 Å². The highest BCUT2D eigenvalue weighted by Gasteiger charge is 2.15. The van der Waals surface area contributed by atoms with E-state index in [0.29, 0.717) is 6.54 Å². The van der Waals surface area contributed by atoms with Crippen LogP contribution in [-0.4, -0.2) is 31.8 Å². The van der Waals surface area contributed by atoms with Gasteiger partial charge in [0.05, 0.1) is 12.6 Å². The normalized spacial score (nSPS) is 18.8. The molecule has 0 aliphatic carbocycles. The van der Waals surface area contributed by atoms with E-state index < -0.39 is 0 Å². The Labute approximate surface area is 133 Å². The van der Waals surface area contributed by atoms with Crippen molar-refractivity contribution in [3.8, 4) is 0 Å². The summed E-state index contributed by atoms with van der Waals surface area (Å²) >= 11 is 3.29. The molecular formula is C15H21BrFN3O. The Morgan fingerprint density at radius 2 is 2.29 bits per heavy atom. The zero-order valence-corrected chi connectivity index (χ0v) is 13.7. The van der Waals surface area contributed by atoms with Crippen LogP contribution in [0.4, 0.5) is 4.39 Å². The molecule has 2 N–H and O–H groups in total. The van der Waals surface area contributed by atoms with Gasteiger partial charge in [-0.05, 0) is 43.5 Å². The number of hydrogen-bond acceptors (Lipinski definition) is 2. The standard InChI is InChI=1S/C15H21BrFN3O/c1-2-18-15(20-10-14-4-3-5-21-14)19-9-11-6-12(16)8-13(17)7-11/h6-8,14H,2-5,9-10H2,1H3,(H2,18,19,20). The average molecular weight is 358 g/mol. The van der Waals surface area contributed by atoms with Crippen molar-refractivity contribution in [3.05, 3.63) is 34.1 Å². The first-order valence-corrected chi connectivity index (χ1v) is 8.05. The lowest BCUT2D eigenvalue weighted by Crippen LogP contribution is -2.41. The van der Waals surface area contributed by atoms with Gasteiger partial charge in [0.2, 0.25) is 0 Å². The second kappa shape index (κ2) is 8.34. The van der Waals surface area contributed by atoms with Gasteiger partial charge in [-0.15, -0.1) is 0 Å². The van der Waals surface area contributed by atoms with E-state index in [-0.39, 0.29) is 11.9 Å². The predicted octanol–water partition coefficient (Wildman–Crippen LogP) is 2.82. The summed E-state index contributed by atoms with van der Waals surface area (Å²) in [5.74, 6) is 0.472. The number of hydrogen-bond donors (Lipinski definition) is 2. The summed E-state index contributed by atoms with van der Waals surface area (Å²) in [5.41, 5.74) is 0.830. The van der Waals surface area contributed by atoms with Crippen molar-refractivity contribution in [1.82, 2.24) is 10.6 Å². The summed E-state index contributed by atoms with van der Waals surface area (Å²) in [6.07, 6.45) is 2.47. The van der Waals surface area contributed by atoms with Crippen molar-refractivity contribution in [2.24, 2.45) is 4.99 Å². The van der Waals surface area contributed by atoms with Gasteiger partial charge in [0.15, 0.2) is 5.96 Å². The van der Waals surface area contributed by atoms with E-state index in [1.165, 1.54) is 12.1 Å². The zero-order valence-electron chi connectivity index (χ0n) is 12.2. The topological polar surface area (TPSA) is 45.7 Å². The molecule has 6 heteroatoms. The van der Waals surface area contributed by atoms with Crippen molar-refractivity contribution in [1.29, 1.82) is 0 Å². The number of halogens is 2. The number of guanidine groups is 1. The Bertz CT molecular complexity index is 470. The van der Waals surface area contributed by atoms with Crippen molar-refractivity contribution in [2.75, 3.05) is 19.7 Å². The van der Waals surface area contributed by atoms with Crippen molar-refractivity contribution in [2.45, 2.75) is 32.4 Å². The molecule has 0 aromatic heterocycles. The quantitative estimate of drug-likeness (QED) is 0.629. The molecule has 0 radical (unpaired) electrons. The minimum atomic E-state index is -0.258.